The van der Waals surface area contributed by atoms with Crippen LogP contribution in [-0.2, 0) is 4.79 Å². The third-order valence-electron chi connectivity index (χ3n) is 2.05. The van der Waals surface area contributed by atoms with E-state index in [9.17, 15) is 4.79 Å². The van der Waals surface area contributed by atoms with Gasteiger partial charge >= 0.3 is 0 Å². The minimum absolute atomic E-state index is 0.297. The summed E-state index contributed by atoms with van der Waals surface area (Å²) in [5.41, 5.74) is 7.63. The molecule has 1 rings (SSSR count). The normalized spacial score (nSPS) is 12.3. The standard InChI is InChI=1S/C10H15N3O/c1-7-3-5-8(6-4-7)9(11)10(14)13(2)12/h3-6,9H,11-12H2,1-2H3. The number of nitrogens with zero attached hydrogens (tertiary/aromatic N) is 1. The van der Waals surface area contributed by atoms with Crippen molar-refractivity contribution < 1.29 is 4.79 Å². The molecule has 0 heterocycles. The molecule has 1 amide bonds. The Bertz CT molecular complexity index is 319. The summed E-state index contributed by atoms with van der Waals surface area (Å²) < 4.78 is 0. The number of carbonyl (C=O) groups excluding carboxylic acids is 1. The van der Waals surface area contributed by atoms with E-state index in [1.54, 1.807) is 0 Å². The van der Waals surface area contributed by atoms with Gasteiger partial charge < -0.3 is 5.73 Å². The SMILES string of the molecule is Cc1ccc(C(N)C(=O)N(C)N)cc1. The van der Waals surface area contributed by atoms with E-state index < -0.39 is 6.04 Å². The van der Waals surface area contributed by atoms with Gasteiger partial charge in [0.2, 0.25) is 0 Å². The fraction of sp³-hybridized carbons (Fsp3) is 0.300. The Labute approximate surface area is 83.5 Å². The lowest BCUT2D eigenvalue weighted by atomic mass is 10.1. The Hall–Kier alpha value is -1.39. The van der Waals surface area contributed by atoms with Gasteiger partial charge in [0.05, 0.1) is 0 Å². The van der Waals surface area contributed by atoms with Gasteiger partial charge in [-0.05, 0) is 12.5 Å². The number of hydrazine groups is 1. The minimum Gasteiger partial charge on any atom is -0.316 e. The molecule has 4 nitrogen and oxygen atoms in total. The van der Waals surface area contributed by atoms with Crippen molar-refractivity contribution in [3.63, 3.8) is 0 Å². The van der Waals surface area contributed by atoms with Crippen LogP contribution in [0.5, 0.6) is 0 Å². The van der Waals surface area contributed by atoms with E-state index in [1.807, 2.05) is 31.2 Å². The van der Waals surface area contributed by atoms with E-state index in [0.717, 1.165) is 16.1 Å². The zero-order valence-corrected chi connectivity index (χ0v) is 8.40. The van der Waals surface area contributed by atoms with Gasteiger partial charge in [-0.3, -0.25) is 9.80 Å². The number of carbonyl (C=O) groups is 1. The van der Waals surface area contributed by atoms with Crippen LogP contribution < -0.4 is 11.6 Å². The van der Waals surface area contributed by atoms with Crippen LogP contribution in [0.1, 0.15) is 17.2 Å². The van der Waals surface area contributed by atoms with E-state index in [0.29, 0.717) is 0 Å². The van der Waals surface area contributed by atoms with E-state index in [1.165, 1.54) is 7.05 Å². The molecule has 0 aromatic heterocycles. The number of likely N-dealkylation sites (N-methyl/N-ethyl adjacent to an activating group) is 1. The maximum absolute atomic E-state index is 11.4. The van der Waals surface area contributed by atoms with Crippen LogP contribution in [0.15, 0.2) is 24.3 Å². The molecule has 1 aromatic carbocycles. The molecule has 4 N–H and O–H groups in total. The van der Waals surface area contributed by atoms with Crippen molar-refractivity contribution in [1.82, 2.24) is 5.01 Å². The second-order valence-electron chi connectivity index (χ2n) is 3.34. The van der Waals surface area contributed by atoms with Crippen LogP contribution in [0.3, 0.4) is 0 Å². The van der Waals surface area contributed by atoms with Crippen molar-refractivity contribution in [3.8, 4) is 0 Å². The van der Waals surface area contributed by atoms with Gasteiger partial charge in [0.25, 0.3) is 5.91 Å². The molecule has 0 saturated heterocycles. The first-order valence-electron chi connectivity index (χ1n) is 4.37. The molecule has 76 valence electrons. The average Bonchev–Trinajstić information content (AvgIpc) is 2.16. The molecule has 0 saturated carbocycles. The minimum atomic E-state index is -0.675. The molecule has 1 unspecified atom stereocenters. The van der Waals surface area contributed by atoms with Crippen LogP contribution in [0.4, 0.5) is 0 Å². The summed E-state index contributed by atoms with van der Waals surface area (Å²) in [7, 11) is 1.48. The third kappa shape index (κ3) is 2.31. The van der Waals surface area contributed by atoms with E-state index in [-0.39, 0.29) is 5.91 Å². The Balaban J connectivity index is 2.84. The molecule has 14 heavy (non-hydrogen) atoms. The quantitative estimate of drug-likeness (QED) is 0.404. The maximum Gasteiger partial charge on any atom is 0.257 e. The lowest BCUT2D eigenvalue weighted by molar-refractivity contribution is -0.131. The number of hydrogen-bond donors (Lipinski definition) is 2. The van der Waals surface area contributed by atoms with Gasteiger partial charge in [0, 0.05) is 7.05 Å². The molecule has 0 fully saturated rings. The highest BCUT2D eigenvalue weighted by Crippen LogP contribution is 2.12. The van der Waals surface area contributed by atoms with Gasteiger partial charge in [0.1, 0.15) is 6.04 Å². The van der Waals surface area contributed by atoms with Crippen LogP contribution in [-0.4, -0.2) is 18.0 Å². The smallest absolute Gasteiger partial charge is 0.257 e. The lowest BCUT2D eigenvalue weighted by Crippen LogP contribution is -2.40. The van der Waals surface area contributed by atoms with Crippen molar-refractivity contribution in [2.75, 3.05) is 7.05 Å². The Morgan fingerprint density at radius 2 is 1.86 bits per heavy atom. The van der Waals surface area contributed by atoms with Gasteiger partial charge in [-0.25, -0.2) is 5.84 Å². The molecular weight excluding hydrogens is 178 g/mol. The van der Waals surface area contributed by atoms with Crippen molar-refractivity contribution in [3.05, 3.63) is 35.4 Å². The van der Waals surface area contributed by atoms with Crippen LogP contribution in [0, 0.1) is 6.92 Å². The molecule has 0 aliphatic carbocycles. The van der Waals surface area contributed by atoms with Crippen molar-refractivity contribution in [1.29, 1.82) is 0 Å². The zero-order valence-electron chi connectivity index (χ0n) is 8.40. The number of nitrogens with two attached hydrogens (primary N) is 2. The highest BCUT2D eigenvalue weighted by atomic mass is 16.2. The monoisotopic (exact) mass is 193 g/mol. The molecule has 0 aliphatic heterocycles. The molecule has 0 bridgehead atoms. The number of hydrogen-bond acceptors (Lipinski definition) is 3. The van der Waals surface area contributed by atoms with E-state index in [4.69, 9.17) is 11.6 Å². The first kappa shape index (κ1) is 10.7. The van der Waals surface area contributed by atoms with Crippen LogP contribution >= 0.6 is 0 Å². The van der Waals surface area contributed by atoms with Gasteiger partial charge in [0.15, 0.2) is 0 Å². The topological polar surface area (TPSA) is 72.4 Å². The molecule has 0 spiro atoms. The summed E-state index contributed by atoms with van der Waals surface area (Å²) in [6, 6.07) is 6.83. The second kappa shape index (κ2) is 4.21. The Kier molecular flexibility index (Phi) is 3.22. The Morgan fingerprint density at radius 3 is 2.29 bits per heavy atom. The highest BCUT2D eigenvalue weighted by molar-refractivity contribution is 5.82. The molecule has 1 aromatic rings. The predicted molar refractivity (Wildman–Crippen MR) is 55.1 cm³/mol. The fourth-order valence-electron chi connectivity index (χ4n) is 1.14. The van der Waals surface area contributed by atoms with Crippen molar-refractivity contribution >= 4 is 5.91 Å². The summed E-state index contributed by atoms with van der Waals surface area (Å²) in [5.74, 6) is 5.01. The van der Waals surface area contributed by atoms with Crippen molar-refractivity contribution in [2.45, 2.75) is 13.0 Å². The Morgan fingerprint density at radius 1 is 1.36 bits per heavy atom. The molecule has 0 aliphatic rings. The second-order valence-corrected chi connectivity index (χ2v) is 3.34. The summed E-state index contributed by atoms with van der Waals surface area (Å²) in [4.78, 5) is 11.4. The highest BCUT2D eigenvalue weighted by Gasteiger charge is 2.17. The number of rotatable bonds is 2. The fourth-order valence-corrected chi connectivity index (χ4v) is 1.14. The molecular formula is C10H15N3O. The largest absolute Gasteiger partial charge is 0.316 e. The van der Waals surface area contributed by atoms with Crippen LogP contribution in [0.25, 0.3) is 0 Å². The summed E-state index contributed by atoms with van der Waals surface area (Å²) >= 11 is 0. The lowest BCUT2D eigenvalue weighted by Gasteiger charge is -2.16. The van der Waals surface area contributed by atoms with Gasteiger partial charge in [-0.1, -0.05) is 29.8 Å². The number of benzene rings is 1. The average molecular weight is 193 g/mol. The van der Waals surface area contributed by atoms with E-state index in [2.05, 4.69) is 0 Å². The third-order valence-corrected chi connectivity index (χ3v) is 2.05. The summed E-state index contributed by atoms with van der Waals surface area (Å²) in [6.07, 6.45) is 0. The summed E-state index contributed by atoms with van der Waals surface area (Å²) in [6.45, 7) is 1.98. The van der Waals surface area contributed by atoms with Crippen molar-refractivity contribution in [2.24, 2.45) is 11.6 Å². The maximum atomic E-state index is 11.4. The predicted octanol–water partition coefficient (Wildman–Crippen LogP) is 0.327. The van der Waals surface area contributed by atoms with Gasteiger partial charge in [-0.2, -0.15) is 0 Å². The van der Waals surface area contributed by atoms with Gasteiger partial charge in [-0.15, -0.1) is 0 Å². The van der Waals surface area contributed by atoms with E-state index >= 15 is 0 Å². The molecule has 0 radical (unpaired) electrons. The summed E-state index contributed by atoms with van der Waals surface area (Å²) in [5, 5.41) is 1.00. The molecule has 4 heteroatoms. The van der Waals surface area contributed by atoms with Crippen LogP contribution in [0.2, 0.25) is 0 Å². The zero-order chi connectivity index (χ0) is 10.7. The first-order valence-corrected chi connectivity index (χ1v) is 4.37. The number of aryl methyl sites for hydroxylation is 1. The molecule has 1 atom stereocenters. The number of amides is 1. The first-order chi connectivity index (χ1) is 6.52.